The van der Waals surface area contributed by atoms with Crippen molar-refractivity contribution in [2.45, 2.75) is 25.7 Å². The summed E-state index contributed by atoms with van der Waals surface area (Å²) in [5.74, 6) is 0. The van der Waals surface area contributed by atoms with Gasteiger partial charge in [0.15, 0.2) is 0 Å². The summed E-state index contributed by atoms with van der Waals surface area (Å²) in [4.78, 5) is 0. The van der Waals surface area contributed by atoms with Crippen LogP contribution in [0.5, 0.6) is 0 Å². The molecule has 0 radical (unpaired) electrons. The van der Waals surface area contributed by atoms with Gasteiger partial charge in [0.1, 0.15) is 0 Å². The summed E-state index contributed by atoms with van der Waals surface area (Å²) < 4.78 is 0. The third-order valence-corrected chi connectivity index (χ3v) is 1.62. The van der Waals surface area contributed by atoms with E-state index < -0.39 is 0 Å². The molecule has 0 bridgehead atoms. The predicted molar refractivity (Wildman–Crippen MR) is 57.0 cm³/mol. The van der Waals surface area contributed by atoms with Crippen molar-refractivity contribution < 1.29 is 14.1 Å². The first-order valence-corrected chi connectivity index (χ1v) is 4.52. The lowest BCUT2D eigenvalue weighted by Gasteiger charge is -2.02. The van der Waals surface area contributed by atoms with Crippen molar-refractivity contribution in [3.8, 4) is 0 Å². The highest BCUT2D eigenvalue weighted by Crippen LogP contribution is 1.85. The van der Waals surface area contributed by atoms with Gasteiger partial charge in [-0.05, 0) is 51.9 Å². The lowest BCUT2D eigenvalue weighted by molar-refractivity contribution is 0.595. The molecule has 0 aliphatic rings. The van der Waals surface area contributed by atoms with E-state index in [2.05, 4.69) is 5.32 Å². The van der Waals surface area contributed by atoms with Gasteiger partial charge in [0.25, 0.3) is 0 Å². The smallest absolute Gasteiger partial charge is 0.00484 e. The Labute approximate surface area is 83.7 Å². The minimum Gasteiger partial charge on any atom is -0.330 e. The second-order valence-corrected chi connectivity index (χ2v) is 2.74. The van der Waals surface area contributed by atoms with Crippen LogP contribution in [0.4, 0.5) is 14.1 Å². The molecular weight excluding hydrogens is 195 g/mol. The van der Waals surface area contributed by atoms with E-state index in [0.717, 1.165) is 39.0 Å². The summed E-state index contributed by atoms with van der Waals surface area (Å²) in [5.41, 5.74) is 10.7. The van der Waals surface area contributed by atoms with Gasteiger partial charge in [0, 0.05) is 0 Å². The molecule has 0 aliphatic heterocycles. The number of halogens is 3. The van der Waals surface area contributed by atoms with Crippen molar-refractivity contribution in [2.75, 3.05) is 26.2 Å². The maximum absolute atomic E-state index is 5.35. The minimum absolute atomic E-state index is 0. The van der Waals surface area contributed by atoms with E-state index in [1.807, 2.05) is 0 Å². The number of hydrogen-bond donors (Lipinski definition) is 3. The molecule has 14 heavy (non-hydrogen) atoms. The molecule has 0 saturated heterocycles. The second-order valence-electron chi connectivity index (χ2n) is 2.74. The third-order valence-electron chi connectivity index (χ3n) is 1.62. The first-order chi connectivity index (χ1) is 5.41. The van der Waals surface area contributed by atoms with E-state index in [9.17, 15) is 0 Å². The summed E-state index contributed by atoms with van der Waals surface area (Å²) in [5, 5.41) is 3.34. The fourth-order valence-corrected chi connectivity index (χ4v) is 0.914. The van der Waals surface area contributed by atoms with E-state index in [4.69, 9.17) is 11.5 Å². The van der Waals surface area contributed by atoms with Gasteiger partial charge in [0.05, 0.1) is 0 Å². The average Bonchev–Trinajstić information content (AvgIpc) is 2.03. The Bertz CT molecular complexity index is 68.9. The maximum Gasteiger partial charge on any atom is -0.00484 e. The van der Waals surface area contributed by atoms with Gasteiger partial charge in [-0.2, -0.15) is 0 Å². The molecule has 0 unspecified atom stereocenters. The second kappa shape index (κ2) is 23.0. The molecule has 0 spiro atoms. The molecule has 92 valence electrons. The number of rotatable bonds is 8. The van der Waals surface area contributed by atoms with Crippen LogP contribution in [-0.2, 0) is 0 Å². The molecule has 0 aliphatic carbocycles. The van der Waals surface area contributed by atoms with Gasteiger partial charge in [-0.15, -0.1) is 0 Å². The van der Waals surface area contributed by atoms with Crippen LogP contribution in [0, 0.1) is 0 Å². The average molecular weight is 219 g/mol. The number of unbranched alkanes of at least 4 members (excludes halogenated alkanes) is 2. The lowest BCUT2D eigenvalue weighted by Crippen LogP contribution is -2.18. The van der Waals surface area contributed by atoms with Gasteiger partial charge >= 0.3 is 0 Å². The molecule has 6 heteroatoms. The SMILES string of the molecule is F.F.F.NCCCCNCCCCN. The highest BCUT2D eigenvalue weighted by atomic mass is 19.0. The highest BCUT2D eigenvalue weighted by molar-refractivity contribution is 4.49. The number of nitrogens with two attached hydrogens (primary N) is 2. The summed E-state index contributed by atoms with van der Waals surface area (Å²) in [7, 11) is 0. The molecule has 0 fully saturated rings. The highest BCUT2D eigenvalue weighted by Gasteiger charge is 1.87. The molecule has 0 aromatic rings. The van der Waals surface area contributed by atoms with Crippen molar-refractivity contribution >= 4 is 0 Å². The zero-order chi connectivity index (χ0) is 8.36. The van der Waals surface area contributed by atoms with E-state index in [1.54, 1.807) is 0 Å². The monoisotopic (exact) mass is 219 g/mol. The van der Waals surface area contributed by atoms with Gasteiger partial charge in [-0.3, -0.25) is 14.1 Å². The van der Waals surface area contributed by atoms with Crippen LogP contribution in [0.2, 0.25) is 0 Å². The summed E-state index contributed by atoms with van der Waals surface area (Å²) in [6, 6.07) is 0. The van der Waals surface area contributed by atoms with Crippen molar-refractivity contribution in [1.29, 1.82) is 0 Å². The number of hydrogen-bond acceptors (Lipinski definition) is 3. The molecule has 0 aromatic heterocycles. The Kier molecular flexibility index (Phi) is 38.5. The Morgan fingerprint density at radius 1 is 0.643 bits per heavy atom. The first-order valence-electron chi connectivity index (χ1n) is 4.52. The van der Waals surface area contributed by atoms with Crippen LogP contribution in [0.3, 0.4) is 0 Å². The lowest BCUT2D eigenvalue weighted by atomic mass is 10.3. The molecule has 0 saturated carbocycles. The minimum atomic E-state index is 0. The molecule has 0 atom stereocenters. The summed E-state index contributed by atoms with van der Waals surface area (Å²) >= 11 is 0. The third kappa shape index (κ3) is 22.6. The Morgan fingerprint density at radius 2 is 1.00 bits per heavy atom. The van der Waals surface area contributed by atoms with E-state index in [-0.39, 0.29) is 14.1 Å². The fraction of sp³-hybridized carbons (Fsp3) is 1.00. The van der Waals surface area contributed by atoms with Crippen LogP contribution < -0.4 is 16.8 Å². The molecule has 0 heterocycles. The predicted octanol–water partition coefficient (Wildman–Crippen LogP) is 0.511. The molecule has 3 nitrogen and oxygen atoms in total. The van der Waals surface area contributed by atoms with E-state index in [1.165, 1.54) is 12.8 Å². The van der Waals surface area contributed by atoms with E-state index in [0.29, 0.717) is 0 Å². The van der Waals surface area contributed by atoms with Crippen molar-refractivity contribution in [1.82, 2.24) is 5.32 Å². The topological polar surface area (TPSA) is 64.1 Å². The molecule has 0 rings (SSSR count). The Hall–Kier alpha value is -0.330. The van der Waals surface area contributed by atoms with Gasteiger partial charge in [0.2, 0.25) is 0 Å². The van der Waals surface area contributed by atoms with E-state index >= 15 is 0 Å². The largest absolute Gasteiger partial charge is 0.330 e. The fourth-order valence-electron chi connectivity index (χ4n) is 0.914. The van der Waals surface area contributed by atoms with Gasteiger partial charge in [-0.25, -0.2) is 0 Å². The summed E-state index contributed by atoms with van der Waals surface area (Å²) in [6.07, 6.45) is 4.64. The number of nitrogens with one attached hydrogen (secondary N) is 1. The molecule has 0 aromatic carbocycles. The Balaban J connectivity index is -0.000000167. The zero-order valence-electron chi connectivity index (χ0n) is 8.54. The van der Waals surface area contributed by atoms with Crippen molar-refractivity contribution in [2.24, 2.45) is 11.5 Å². The van der Waals surface area contributed by atoms with Crippen LogP contribution in [0.15, 0.2) is 0 Å². The van der Waals surface area contributed by atoms with Crippen molar-refractivity contribution in [3.63, 3.8) is 0 Å². The first kappa shape index (κ1) is 23.5. The van der Waals surface area contributed by atoms with Crippen LogP contribution >= 0.6 is 0 Å². The van der Waals surface area contributed by atoms with Crippen LogP contribution in [0.25, 0.3) is 0 Å². The van der Waals surface area contributed by atoms with Gasteiger partial charge < -0.3 is 16.8 Å². The molecular formula is C8H24F3N3. The van der Waals surface area contributed by atoms with Crippen molar-refractivity contribution in [3.05, 3.63) is 0 Å². The molecule has 5 N–H and O–H groups in total. The normalized spacial score (nSPS) is 8.14. The van der Waals surface area contributed by atoms with Crippen LogP contribution in [0.1, 0.15) is 25.7 Å². The quantitative estimate of drug-likeness (QED) is 0.521. The van der Waals surface area contributed by atoms with Gasteiger partial charge in [-0.1, -0.05) is 0 Å². The standard InChI is InChI=1S/C8H21N3.3FH/c9-5-1-3-7-11-8-4-2-6-10;;;/h11H,1-10H2;3*1H. The maximum atomic E-state index is 5.35. The molecule has 0 amide bonds. The Morgan fingerprint density at radius 3 is 1.29 bits per heavy atom. The zero-order valence-corrected chi connectivity index (χ0v) is 8.54. The van der Waals surface area contributed by atoms with Crippen LogP contribution in [-0.4, -0.2) is 26.2 Å². The summed E-state index contributed by atoms with van der Waals surface area (Å²) in [6.45, 7) is 3.82.